The lowest BCUT2D eigenvalue weighted by molar-refractivity contribution is 0.251. The van der Waals surface area contributed by atoms with Gasteiger partial charge in [0.25, 0.3) is 0 Å². The summed E-state index contributed by atoms with van der Waals surface area (Å²) in [6.45, 7) is 2.52. The number of rotatable bonds is 9. The van der Waals surface area contributed by atoms with E-state index in [0.29, 0.717) is 17.8 Å². The van der Waals surface area contributed by atoms with Crippen LogP contribution in [-0.2, 0) is 29.7 Å². The van der Waals surface area contributed by atoms with Crippen molar-refractivity contribution in [3.8, 4) is 0 Å². The molecule has 0 bridgehead atoms. The first-order chi connectivity index (χ1) is 17.8. The summed E-state index contributed by atoms with van der Waals surface area (Å²) in [4.78, 5) is 16.3. The number of nitrogens with one attached hydrogen (secondary N) is 2. The van der Waals surface area contributed by atoms with Crippen molar-refractivity contribution in [3.63, 3.8) is 0 Å². The van der Waals surface area contributed by atoms with Gasteiger partial charge in [0, 0.05) is 37.7 Å². The van der Waals surface area contributed by atoms with E-state index in [2.05, 4.69) is 15.6 Å². The highest BCUT2D eigenvalue weighted by atomic mass is 32.2. The fourth-order valence-electron chi connectivity index (χ4n) is 3.63. The highest BCUT2D eigenvalue weighted by Crippen LogP contribution is 2.23. The third-order valence-corrected chi connectivity index (χ3v) is 7.51. The first kappa shape index (κ1) is 26.0. The smallest absolute Gasteiger partial charge is 0.319 e. The van der Waals surface area contributed by atoms with Crippen molar-refractivity contribution >= 4 is 21.7 Å². The molecule has 0 aliphatic heterocycles. The molecule has 0 spiro atoms. The molecule has 0 fully saturated rings. The molecule has 4 aromatic rings. The molecule has 2 N–H and O–H groups in total. The molecule has 0 saturated carbocycles. The van der Waals surface area contributed by atoms with E-state index in [1.54, 1.807) is 48.8 Å². The number of halogens is 1. The van der Waals surface area contributed by atoms with E-state index in [4.69, 9.17) is 0 Å². The SMILES string of the molecule is Cc1ccc(CN(Cc2ccc(F)cc2)S(=O)(=O)c2ccc(NC(=O)NCc3ccncc3)cc2)cc1. The number of aryl methyl sites for hydroxylation is 1. The van der Waals surface area contributed by atoms with Crippen LogP contribution in [0, 0.1) is 12.7 Å². The lowest BCUT2D eigenvalue weighted by Crippen LogP contribution is -2.30. The van der Waals surface area contributed by atoms with Gasteiger partial charge in [-0.3, -0.25) is 4.98 Å². The number of aromatic nitrogens is 1. The van der Waals surface area contributed by atoms with Gasteiger partial charge in [-0.25, -0.2) is 17.6 Å². The number of hydrogen-bond acceptors (Lipinski definition) is 4. The lowest BCUT2D eigenvalue weighted by Gasteiger charge is -2.23. The molecule has 2 amide bonds. The Kier molecular flexibility index (Phi) is 8.27. The van der Waals surface area contributed by atoms with Gasteiger partial charge in [-0.15, -0.1) is 0 Å². The predicted octanol–water partition coefficient (Wildman–Crippen LogP) is 5.24. The molecule has 0 atom stereocenters. The van der Waals surface area contributed by atoms with Crippen LogP contribution < -0.4 is 10.6 Å². The van der Waals surface area contributed by atoms with Crippen molar-refractivity contribution in [2.75, 3.05) is 5.32 Å². The quantitative estimate of drug-likeness (QED) is 0.317. The van der Waals surface area contributed by atoms with E-state index in [1.165, 1.54) is 28.6 Å². The van der Waals surface area contributed by atoms with Crippen LogP contribution in [0.15, 0.2) is 102 Å². The van der Waals surface area contributed by atoms with Gasteiger partial charge in [0.1, 0.15) is 5.82 Å². The Morgan fingerprint density at radius 3 is 1.97 bits per heavy atom. The summed E-state index contributed by atoms with van der Waals surface area (Å²) in [6, 6.07) is 22.6. The van der Waals surface area contributed by atoms with Crippen LogP contribution in [0.2, 0.25) is 0 Å². The number of amides is 2. The van der Waals surface area contributed by atoms with E-state index >= 15 is 0 Å². The van der Waals surface area contributed by atoms with Crippen molar-refractivity contribution in [2.24, 2.45) is 0 Å². The van der Waals surface area contributed by atoms with Crippen molar-refractivity contribution in [1.29, 1.82) is 0 Å². The number of nitrogens with zero attached hydrogens (tertiary/aromatic N) is 2. The Morgan fingerprint density at radius 1 is 0.811 bits per heavy atom. The van der Waals surface area contributed by atoms with E-state index in [1.807, 2.05) is 31.2 Å². The zero-order valence-corrected chi connectivity index (χ0v) is 21.1. The molecular weight excluding hydrogens is 491 g/mol. The Labute approximate surface area is 216 Å². The van der Waals surface area contributed by atoms with Gasteiger partial charge in [-0.1, -0.05) is 42.0 Å². The average molecular weight is 519 g/mol. The van der Waals surface area contributed by atoms with Gasteiger partial charge in [0.15, 0.2) is 0 Å². The van der Waals surface area contributed by atoms with Crippen molar-refractivity contribution in [1.82, 2.24) is 14.6 Å². The molecule has 1 heterocycles. The van der Waals surface area contributed by atoms with Crippen LogP contribution in [0.4, 0.5) is 14.9 Å². The molecule has 9 heteroatoms. The molecule has 0 aliphatic rings. The molecule has 0 aliphatic carbocycles. The van der Waals surface area contributed by atoms with Gasteiger partial charge in [-0.2, -0.15) is 4.31 Å². The van der Waals surface area contributed by atoms with Gasteiger partial charge in [0.05, 0.1) is 4.90 Å². The number of anilines is 1. The van der Waals surface area contributed by atoms with Crippen molar-refractivity contribution in [2.45, 2.75) is 31.5 Å². The Bertz CT molecular complexity index is 1380. The number of benzene rings is 3. The van der Waals surface area contributed by atoms with Crippen LogP contribution in [0.3, 0.4) is 0 Å². The second-order valence-corrected chi connectivity index (χ2v) is 10.5. The standard InChI is InChI=1S/C28H27FN4O3S/c1-21-2-4-23(5-3-21)19-33(20-24-6-8-25(29)9-7-24)37(35,36)27-12-10-26(11-13-27)32-28(34)31-18-22-14-16-30-17-15-22/h2-17H,18-20H2,1H3,(H2,31,32,34). The highest BCUT2D eigenvalue weighted by Gasteiger charge is 2.25. The highest BCUT2D eigenvalue weighted by molar-refractivity contribution is 7.89. The number of pyridine rings is 1. The molecule has 7 nitrogen and oxygen atoms in total. The number of carbonyl (C=O) groups is 1. The molecular formula is C28H27FN4O3S. The second-order valence-electron chi connectivity index (χ2n) is 8.57. The second kappa shape index (κ2) is 11.8. The summed E-state index contributed by atoms with van der Waals surface area (Å²) in [5, 5.41) is 5.44. The largest absolute Gasteiger partial charge is 0.334 e. The molecule has 37 heavy (non-hydrogen) atoms. The molecule has 190 valence electrons. The summed E-state index contributed by atoms with van der Waals surface area (Å²) >= 11 is 0. The molecule has 4 rings (SSSR count). The van der Waals surface area contributed by atoms with Gasteiger partial charge in [0.2, 0.25) is 10.0 Å². The Morgan fingerprint density at radius 2 is 1.38 bits per heavy atom. The van der Waals surface area contributed by atoms with E-state index in [0.717, 1.165) is 16.7 Å². The van der Waals surface area contributed by atoms with Crippen LogP contribution in [0.1, 0.15) is 22.3 Å². The maximum absolute atomic E-state index is 13.6. The minimum Gasteiger partial charge on any atom is -0.334 e. The zero-order valence-electron chi connectivity index (χ0n) is 20.3. The molecule has 1 aromatic heterocycles. The third kappa shape index (κ3) is 7.22. The fraction of sp³-hybridized carbons (Fsp3) is 0.143. The first-order valence-corrected chi connectivity index (χ1v) is 13.1. The summed E-state index contributed by atoms with van der Waals surface area (Å²) < 4.78 is 42.0. The normalized spacial score (nSPS) is 11.3. The topological polar surface area (TPSA) is 91.4 Å². The van der Waals surface area contributed by atoms with Gasteiger partial charge in [-0.05, 0) is 72.1 Å². The fourth-order valence-corrected chi connectivity index (χ4v) is 5.05. The van der Waals surface area contributed by atoms with E-state index < -0.39 is 16.1 Å². The number of hydrogen-bond donors (Lipinski definition) is 2. The Balaban J connectivity index is 1.49. The number of sulfonamides is 1. The minimum atomic E-state index is -3.90. The summed E-state index contributed by atoms with van der Waals surface area (Å²) in [7, 11) is -3.90. The molecule has 3 aromatic carbocycles. The van der Waals surface area contributed by atoms with Crippen LogP contribution in [0.25, 0.3) is 0 Å². The third-order valence-electron chi connectivity index (χ3n) is 5.70. The number of carbonyl (C=O) groups excluding carboxylic acids is 1. The monoisotopic (exact) mass is 518 g/mol. The average Bonchev–Trinajstić information content (AvgIpc) is 2.90. The molecule has 0 radical (unpaired) electrons. The van der Waals surface area contributed by atoms with Crippen LogP contribution >= 0.6 is 0 Å². The predicted molar refractivity (Wildman–Crippen MR) is 141 cm³/mol. The zero-order chi connectivity index (χ0) is 26.3. The summed E-state index contributed by atoms with van der Waals surface area (Å²) in [5.41, 5.74) is 3.93. The maximum Gasteiger partial charge on any atom is 0.319 e. The Hall–Kier alpha value is -4.08. The van der Waals surface area contributed by atoms with Crippen molar-refractivity contribution < 1.29 is 17.6 Å². The number of urea groups is 1. The molecule has 0 saturated heterocycles. The first-order valence-electron chi connectivity index (χ1n) is 11.6. The molecule has 0 unspecified atom stereocenters. The van der Waals surface area contributed by atoms with Gasteiger partial charge >= 0.3 is 6.03 Å². The minimum absolute atomic E-state index is 0.0773. The van der Waals surface area contributed by atoms with Crippen LogP contribution in [0.5, 0.6) is 0 Å². The van der Waals surface area contributed by atoms with E-state index in [-0.39, 0.29) is 23.8 Å². The van der Waals surface area contributed by atoms with Crippen LogP contribution in [-0.4, -0.2) is 23.7 Å². The van der Waals surface area contributed by atoms with E-state index in [9.17, 15) is 17.6 Å². The summed E-state index contributed by atoms with van der Waals surface area (Å²) in [5.74, 6) is -0.385. The summed E-state index contributed by atoms with van der Waals surface area (Å²) in [6.07, 6.45) is 3.29. The van der Waals surface area contributed by atoms with Crippen molar-refractivity contribution in [3.05, 3.63) is 125 Å². The maximum atomic E-state index is 13.6. The lowest BCUT2D eigenvalue weighted by atomic mass is 10.1. The van der Waals surface area contributed by atoms with Gasteiger partial charge < -0.3 is 10.6 Å².